The molecule has 0 aliphatic carbocycles. The van der Waals surface area contributed by atoms with Crippen molar-refractivity contribution >= 4 is 5.97 Å². The van der Waals surface area contributed by atoms with Crippen LogP contribution in [0.15, 0.2) is 24.3 Å². The van der Waals surface area contributed by atoms with Crippen molar-refractivity contribution in [3.63, 3.8) is 0 Å². The molecule has 0 unspecified atom stereocenters. The highest BCUT2D eigenvalue weighted by Crippen LogP contribution is 2.29. The van der Waals surface area contributed by atoms with Gasteiger partial charge in [-0.05, 0) is 19.1 Å². The number of benzene rings is 1. The number of ether oxygens (including phenoxy) is 1. The van der Waals surface area contributed by atoms with E-state index in [-0.39, 0.29) is 12.2 Å². The van der Waals surface area contributed by atoms with Crippen molar-refractivity contribution in [1.82, 2.24) is 0 Å². The molecule has 1 rings (SSSR count). The Labute approximate surface area is 91.3 Å². The van der Waals surface area contributed by atoms with Gasteiger partial charge in [-0.1, -0.05) is 12.1 Å². The molecule has 84 valence electrons. The van der Waals surface area contributed by atoms with Gasteiger partial charge in [0, 0.05) is 5.56 Å². The molecule has 0 heterocycles. The summed E-state index contributed by atoms with van der Waals surface area (Å²) in [5, 5.41) is 8.50. The molecule has 0 spiro atoms. The molecule has 5 heteroatoms. The molecule has 0 aliphatic heterocycles. The number of rotatable bonds is 3. The lowest BCUT2D eigenvalue weighted by Crippen LogP contribution is -2.28. The molecule has 3 nitrogen and oxygen atoms in total. The van der Waals surface area contributed by atoms with Crippen molar-refractivity contribution in [2.45, 2.75) is 12.8 Å². The second-order valence-electron chi connectivity index (χ2n) is 2.98. The normalized spacial score (nSPS) is 10.6. The first-order valence-corrected chi connectivity index (χ1v) is 4.58. The van der Waals surface area contributed by atoms with Gasteiger partial charge in [-0.2, -0.15) is 14.0 Å². The molecule has 0 saturated carbocycles. The van der Waals surface area contributed by atoms with E-state index in [0.717, 1.165) is 12.1 Å². The van der Waals surface area contributed by atoms with Crippen LogP contribution in [-0.4, -0.2) is 12.6 Å². The second kappa shape index (κ2) is 4.71. The molecule has 0 bridgehead atoms. The van der Waals surface area contributed by atoms with E-state index >= 15 is 0 Å². The first kappa shape index (κ1) is 12.1. The van der Waals surface area contributed by atoms with Gasteiger partial charge in [0.1, 0.15) is 0 Å². The summed E-state index contributed by atoms with van der Waals surface area (Å²) >= 11 is 0. The van der Waals surface area contributed by atoms with Gasteiger partial charge in [0.15, 0.2) is 0 Å². The van der Waals surface area contributed by atoms with Crippen LogP contribution < -0.4 is 0 Å². The number of esters is 1. The molecule has 1 aromatic carbocycles. The van der Waals surface area contributed by atoms with E-state index in [4.69, 9.17) is 5.26 Å². The molecule has 0 fully saturated rings. The SMILES string of the molecule is CCOC(=O)C(F)(F)c1ccc(C#N)cc1. The summed E-state index contributed by atoms with van der Waals surface area (Å²) in [6.45, 7) is 1.34. The van der Waals surface area contributed by atoms with Crippen molar-refractivity contribution in [3.05, 3.63) is 35.4 Å². The number of hydrogen-bond donors (Lipinski definition) is 0. The van der Waals surface area contributed by atoms with E-state index in [1.807, 2.05) is 0 Å². The highest BCUT2D eigenvalue weighted by molar-refractivity contribution is 5.79. The smallest absolute Gasteiger partial charge is 0.381 e. The van der Waals surface area contributed by atoms with Gasteiger partial charge in [-0.25, -0.2) is 4.79 Å². The number of carbonyl (C=O) groups excluding carboxylic acids is 1. The first-order chi connectivity index (χ1) is 7.52. The average molecular weight is 225 g/mol. The summed E-state index contributed by atoms with van der Waals surface area (Å²) in [7, 11) is 0. The summed E-state index contributed by atoms with van der Waals surface area (Å²) in [4.78, 5) is 11.0. The summed E-state index contributed by atoms with van der Waals surface area (Å²) < 4.78 is 31.1. The van der Waals surface area contributed by atoms with Crippen LogP contribution in [0.3, 0.4) is 0 Å². The number of alkyl halides is 2. The number of hydrogen-bond acceptors (Lipinski definition) is 3. The highest BCUT2D eigenvalue weighted by Gasteiger charge is 2.42. The van der Waals surface area contributed by atoms with E-state index in [0.29, 0.717) is 0 Å². The molecule has 0 amide bonds. The number of carbonyl (C=O) groups is 1. The van der Waals surface area contributed by atoms with Gasteiger partial charge in [0.25, 0.3) is 0 Å². The van der Waals surface area contributed by atoms with Crippen LogP contribution in [-0.2, 0) is 15.5 Å². The summed E-state index contributed by atoms with van der Waals surface area (Å²) in [6.07, 6.45) is 0. The number of nitrogens with zero attached hydrogens (tertiary/aromatic N) is 1. The van der Waals surface area contributed by atoms with Crippen molar-refractivity contribution in [1.29, 1.82) is 5.26 Å². The molecule has 1 aromatic rings. The lowest BCUT2D eigenvalue weighted by Gasteiger charge is -2.14. The molecule has 0 radical (unpaired) electrons. The van der Waals surface area contributed by atoms with Gasteiger partial charge in [-0.3, -0.25) is 0 Å². The van der Waals surface area contributed by atoms with E-state index in [1.54, 1.807) is 6.07 Å². The van der Waals surface area contributed by atoms with Crippen molar-refractivity contribution < 1.29 is 18.3 Å². The maximum absolute atomic E-state index is 13.4. The first-order valence-electron chi connectivity index (χ1n) is 4.58. The summed E-state index contributed by atoms with van der Waals surface area (Å²) in [6, 6.07) is 6.32. The predicted octanol–water partition coefficient (Wildman–Crippen LogP) is 2.21. The minimum atomic E-state index is -3.68. The molecule has 0 aliphatic rings. The van der Waals surface area contributed by atoms with Gasteiger partial charge >= 0.3 is 11.9 Å². The molecule has 0 atom stereocenters. The third kappa shape index (κ3) is 2.34. The van der Waals surface area contributed by atoms with Crippen LogP contribution in [0.25, 0.3) is 0 Å². The van der Waals surface area contributed by atoms with E-state index in [1.165, 1.54) is 19.1 Å². The minimum Gasteiger partial charge on any atom is -0.461 e. The lowest BCUT2D eigenvalue weighted by molar-refractivity contribution is -0.173. The Balaban J connectivity index is 2.98. The standard InChI is InChI=1S/C11H9F2NO2/c1-2-16-10(15)11(12,13)9-5-3-8(7-14)4-6-9/h3-6H,2H2,1H3. The largest absolute Gasteiger partial charge is 0.461 e. The number of halogens is 2. The average Bonchev–Trinajstić information content (AvgIpc) is 2.29. The Kier molecular flexibility index (Phi) is 3.56. The van der Waals surface area contributed by atoms with Crippen molar-refractivity contribution in [2.75, 3.05) is 6.61 Å². The van der Waals surface area contributed by atoms with E-state index in [2.05, 4.69) is 4.74 Å². The maximum atomic E-state index is 13.4. The second-order valence-corrected chi connectivity index (χ2v) is 2.98. The zero-order chi connectivity index (χ0) is 12.2. The minimum absolute atomic E-state index is 0.106. The molecular formula is C11H9F2NO2. The Morgan fingerprint density at radius 1 is 1.44 bits per heavy atom. The van der Waals surface area contributed by atoms with Crippen LogP contribution >= 0.6 is 0 Å². The Morgan fingerprint density at radius 3 is 2.44 bits per heavy atom. The zero-order valence-corrected chi connectivity index (χ0v) is 8.54. The van der Waals surface area contributed by atoms with E-state index in [9.17, 15) is 13.6 Å². The monoisotopic (exact) mass is 225 g/mol. The fourth-order valence-electron chi connectivity index (χ4n) is 1.09. The van der Waals surface area contributed by atoms with Crippen LogP contribution in [0, 0.1) is 11.3 Å². The van der Waals surface area contributed by atoms with Gasteiger partial charge in [0.05, 0.1) is 18.2 Å². The van der Waals surface area contributed by atoms with Crippen LogP contribution in [0.5, 0.6) is 0 Å². The fourth-order valence-corrected chi connectivity index (χ4v) is 1.09. The predicted molar refractivity (Wildman–Crippen MR) is 51.7 cm³/mol. The molecule has 0 saturated heterocycles. The van der Waals surface area contributed by atoms with Crippen LogP contribution in [0.2, 0.25) is 0 Å². The summed E-state index contributed by atoms with van der Waals surface area (Å²) in [5.41, 5.74) is -0.228. The molecular weight excluding hydrogens is 216 g/mol. The molecule has 0 aromatic heterocycles. The molecule has 16 heavy (non-hydrogen) atoms. The number of nitriles is 1. The third-order valence-electron chi connectivity index (χ3n) is 1.91. The van der Waals surface area contributed by atoms with Gasteiger partial charge < -0.3 is 4.74 Å². The van der Waals surface area contributed by atoms with E-state index < -0.39 is 17.5 Å². The molecule has 0 N–H and O–H groups in total. The topological polar surface area (TPSA) is 50.1 Å². The highest BCUT2D eigenvalue weighted by atomic mass is 19.3. The zero-order valence-electron chi connectivity index (χ0n) is 8.54. The van der Waals surface area contributed by atoms with Crippen molar-refractivity contribution in [3.8, 4) is 6.07 Å². The van der Waals surface area contributed by atoms with Crippen molar-refractivity contribution in [2.24, 2.45) is 0 Å². The van der Waals surface area contributed by atoms with Gasteiger partial charge in [-0.15, -0.1) is 0 Å². The quantitative estimate of drug-likeness (QED) is 0.741. The Morgan fingerprint density at radius 2 is 2.00 bits per heavy atom. The fraction of sp³-hybridized carbons (Fsp3) is 0.273. The Hall–Kier alpha value is -1.96. The lowest BCUT2D eigenvalue weighted by atomic mass is 10.1. The Bertz CT molecular complexity index is 421. The van der Waals surface area contributed by atoms with Gasteiger partial charge in [0.2, 0.25) is 0 Å². The summed E-state index contributed by atoms with van der Waals surface area (Å²) in [5.74, 6) is -5.26. The van der Waals surface area contributed by atoms with Crippen LogP contribution in [0.1, 0.15) is 18.1 Å². The maximum Gasteiger partial charge on any atom is 0.381 e. The third-order valence-corrected chi connectivity index (χ3v) is 1.91. The van der Waals surface area contributed by atoms with Crippen LogP contribution in [0.4, 0.5) is 8.78 Å².